The van der Waals surface area contributed by atoms with Gasteiger partial charge in [0.25, 0.3) is 0 Å². The fraction of sp³-hybridized carbons (Fsp3) is 0.917. The summed E-state index contributed by atoms with van der Waals surface area (Å²) in [6.07, 6.45) is -7.72. The van der Waals surface area contributed by atoms with Crippen molar-refractivity contribution in [3.63, 3.8) is 0 Å². The molecule has 4 N–H and O–H groups in total. The Kier molecular flexibility index (Phi) is 12.3. The van der Waals surface area contributed by atoms with E-state index in [4.69, 9.17) is 14.6 Å². The van der Waals surface area contributed by atoms with Gasteiger partial charge in [0.05, 0.1) is 12.7 Å². The molecular formula is C12H24F3NO6. The van der Waals surface area contributed by atoms with E-state index in [9.17, 15) is 28.2 Å². The Hall–Kier alpha value is -0.940. The molecule has 134 valence electrons. The molecular weight excluding hydrogens is 311 g/mol. The molecule has 4 unspecified atom stereocenters. The number of methoxy groups -OCH3 is 1. The maximum Gasteiger partial charge on any atom is 0.471 e. The minimum atomic E-state index is -4.74. The van der Waals surface area contributed by atoms with Gasteiger partial charge >= 0.3 is 12.1 Å². The molecule has 0 aromatic rings. The highest BCUT2D eigenvalue weighted by Crippen LogP contribution is 2.20. The third-order valence-electron chi connectivity index (χ3n) is 2.46. The maximum absolute atomic E-state index is 11.0. The van der Waals surface area contributed by atoms with E-state index in [2.05, 4.69) is 0 Å². The highest BCUT2D eigenvalue weighted by atomic mass is 19.4. The molecule has 0 aromatic heterocycles. The molecule has 1 amide bonds. The Labute approximate surface area is 127 Å². The quantitative estimate of drug-likeness (QED) is 0.556. The molecule has 1 aliphatic rings. The van der Waals surface area contributed by atoms with Crippen molar-refractivity contribution >= 4 is 5.91 Å². The first-order valence-corrected chi connectivity index (χ1v) is 6.61. The van der Waals surface area contributed by atoms with Gasteiger partial charge in [0.2, 0.25) is 0 Å². The van der Waals surface area contributed by atoms with Crippen LogP contribution >= 0.6 is 0 Å². The van der Waals surface area contributed by atoms with E-state index in [1.807, 2.05) is 13.8 Å². The first-order valence-electron chi connectivity index (χ1n) is 6.61. The standard InChI is InChI=1S/C7H14O5.C3H4F3NO.C2H6/c1-11-6-2-4(9)7(10)5(3-8)12-6;1-7-2(8)3(4,5)6;1-2/h4-10H,2-3H2,1H3;1H3,(H,7,8);1-2H3. The van der Waals surface area contributed by atoms with Crippen LogP contribution in [0.5, 0.6) is 0 Å². The van der Waals surface area contributed by atoms with Crippen molar-refractivity contribution in [1.29, 1.82) is 0 Å². The van der Waals surface area contributed by atoms with Crippen LogP contribution in [-0.4, -0.2) is 72.8 Å². The number of rotatable bonds is 2. The normalized spacial score (nSPS) is 27.7. The zero-order chi connectivity index (χ0) is 17.9. The first-order chi connectivity index (χ1) is 10.2. The lowest BCUT2D eigenvalue weighted by Crippen LogP contribution is -2.50. The second-order valence-electron chi connectivity index (χ2n) is 3.89. The molecule has 22 heavy (non-hydrogen) atoms. The minimum absolute atomic E-state index is 0.230. The van der Waals surface area contributed by atoms with Crippen LogP contribution in [0, 0.1) is 0 Å². The Morgan fingerprint density at radius 3 is 2.14 bits per heavy atom. The molecule has 10 heteroatoms. The van der Waals surface area contributed by atoms with Gasteiger partial charge in [-0.25, -0.2) is 0 Å². The van der Waals surface area contributed by atoms with Gasteiger partial charge < -0.3 is 30.1 Å². The number of carbonyl (C=O) groups is 1. The van der Waals surface area contributed by atoms with Crippen LogP contribution in [0.4, 0.5) is 13.2 Å². The van der Waals surface area contributed by atoms with Crippen LogP contribution in [0.2, 0.25) is 0 Å². The number of ether oxygens (including phenoxy) is 2. The number of amides is 1. The van der Waals surface area contributed by atoms with Crippen molar-refractivity contribution in [1.82, 2.24) is 5.32 Å². The number of aliphatic hydroxyl groups is 3. The summed E-state index contributed by atoms with van der Waals surface area (Å²) >= 11 is 0. The zero-order valence-corrected chi connectivity index (χ0v) is 12.9. The zero-order valence-electron chi connectivity index (χ0n) is 12.9. The smallest absolute Gasteiger partial charge is 0.394 e. The SMILES string of the molecule is CC.CNC(=O)C(F)(F)F.COC1CC(O)C(O)C(CO)O1. The summed E-state index contributed by atoms with van der Waals surface area (Å²) in [7, 11) is 2.37. The maximum atomic E-state index is 11.0. The van der Waals surface area contributed by atoms with Crippen molar-refractivity contribution in [2.45, 2.75) is 51.0 Å². The molecule has 0 aromatic carbocycles. The molecule has 0 bridgehead atoms. The molecule has 1 fully saturated rings. The third kappa shape index (κ3) is 8.49. The van der Waals surface area contributed by atoms with Crippen LogP contribution in [0.15, 0.2) is 0 Å². The van der Waals surface area contributed by atoms with E-state index in [0.29, 0.717) is 0 Å². The second-order valence-corrected chi connectivity index (χ2v) is 3.89. The molecule has 1 rings (SSSR count). The van der Waals surface area contributed by atoms with E-state index >= 15 is 0 Å². The molecule has 4 atom stereocenters. The average Bonchev–Trinajstić information content (AvgIpc) is 2.50. The van der Waals surface area contributed by atoms with Crippen molar-refractivity contribution in [2.24, 2.45) is 0 Å². The molecule has 0 aliphatic carbocycles. The second kappa shape index (κ2) is 11.6. The first kappa shape index (κ1) is 23.3. The number of alkyl halides is 3. The summed E-state index contributed by atoms with van der Waals surface area (Å²) in [4.78, 5) is 9.60. The summed E-state index contributed by atoms with van der Waals surface area (Å²) in [5, 5.41) is 28.7. The van der Waals surface area contributed by atoms with Crippen LogP contribution < -0.4 is 5.32 Å². The van der Waals surface area contributed by atoms with Gasteiger partial charge in [-0.15, -0.1) is 0 Å². The largest absolute Gasteiger partial charge is 0.471 e. The lowest BCUT2D eigenvalue weighted by molar-refractivity contribution is -0.248. The van der Waals surface area contributed by atoms with Crippen molar-refractivity contribution in [3.8, 4) is 0 Å². The molecule has 0 saturated carbocycles. The van der Waals surface area contributed by atoms with Crippen molar-refractivity contribution < 1.29 is 42.8 Å². The number of aliphatic hydroxyl groups excluding tert-OH is 3. The summed E-state index contributed by atoms with van der Waals surface area (Å²) in [5.41, 5.74) is 0. The Balaban J connectivity index is 0. The van der Waals surface area contributed by atoms with Crippen LogP contribution in [0.1, 0.15) is 20.3 Å². The van der Waals surface area contributed by atoms with Crippen molar-refractivity contribution in [2.75, 3.05) is 20.8 Å². The summed E-state index contributed by atoms with van der Waals surface area (Å²) in [6, 6.07) is 0. The van der Waals surface area contributed by atoms with E-state index in [0.717, 1.165) is 7.05 Å². The van der Waals surface area contributed by atoms with Crippen molar-refractivity contribution in [3.05, 3.63) is 0 Å². The minimum Gasteiger partial charge on any atom is -0.394 e. The van der Waals surface area contributed by atoms with Gasteiger partial charge in [-0.05, 0) is 0 Å². The van der Waals surface area contributed by atoms with E-state index < -0.39 is 36.7 Å². The number of carbonyl (C=O) groups excluding carboxylic acids is 1. The van der Waals surface area contributed by atoms with Crippen LogP contribution in [0.3, 0.4) is 0 Å². The molecule has 0 spiro atoms. The number of nitrogens with one attached hydrogen (secondary N) is 1. The van der Waals surface area contributed by atoms with Gasteiger partial charge in [-0.2, -0.15) is 13.2 Å². The summed E-state index contributed by atoms with van der Waals surface area (Å²) in [6.45, 7) is 3.68. The van der Waals surface area contributed by atoms with Crippen LogP contribution in [0.25, 0.3) is 0 Å². The fourth-order valence-electron chi connectivity index (χ4n) is 1.36. The van der Waals surface area contributed by atoms with Gasteiger partial charge in [0, 0.05) is 20.6 Å². The Morgan fingerprint density at radius 2 is 1.86 bits per heavy atom. The molecule has 1 saturated heterocycles. The van der Waals surface area contributed by atoms with E-state index in [-0.39, 0.29) is 13.0 Å². The van der Waals surface area contributed by atoms with Crippen LogP contribution in [-0.2, 0) is 14.3 Å². The van der Waals surface area contributed by atoms with E-state index in [1.54, 1.807) is 0 Å². The predicted molar refractivity (Wildman–Crippen MR) is 70.9 cm³/mol. The molecule has 1 heterocycles. The lowest BCUT2D eigenvalue weighted by atomic mass is 10.0. The highest BCUT2D eigenvalue weighted by Gasteiger charge is 2.37. The number of halogens is 3. The van der Waals surface area contributed by atoms with Gasteiger partial charge in [0.1, 0.15) is 12.2 Å². The monoisotopic (exact) mass is 335 g/mol. The average molecular weight is 335 g/mol. The molecule has 0 radical (unpaired) electrons. The predicted octanol–water partition coefficient (Wildman–Crippen LogP) is -0.217. The van der Waals surface area contributed by atoms with Gasteiger partial charge in [0.15, 0.2) is 6.29 Å². The molecule has 1 aliphatic heterocycles. The third-order valence-corrected chi connectivity index (χ3v) is 2.46. The summed E-state index contributed by atoms with van der Waals surface area (Å²) in [5.74, 6) is -1.92. The van der Waals surface area contributed by atoms with Gasteiger partial charge in [-0.1, -0.05) is 13.8 Å². The highest BCUT2D eigenvalue weighted by molar-refractivity contribution is 5.81. The number of hydrogen-bond acceptors (Lipinski definition) is 6. The topological polar surface area (TPSA) is 108 Å². The van der Waals surface area contributed by atoms with E-state index in [1.165, 1.54) is 12.4 Å². The summed E-state index contributed by atoms with van der Waals surface area (Å²) < 4.78 is 43.0. The Morgan fingerprint density at radius 1 is 1.36 bits per heavy atom. The Bertz CT molecular complexity index is 303. The molecule has 7 nitrogen and oxygen atoms in total. The fourth-order valence-corrected chi connectivity index (χ4v) is 1.36. The number of hydrogen-bond donors (Lipinski definition) is 4. The lowest BCUT2D eigenvalue weighted by Gasteiger charge is -2.35. The van der Waals surface area contributed by atoms with Gasteiger partial charge in [-0.3, -0.25) is 4.79 Å².